The highest BCUT2D eigenvalue weighted by Crippen LogP contribution is 2.44. The van der Waals surface area contributed by atoms with Crippen molar-refractivity contribution in [3.05, 3.63) is 94.6 Å². The van der Waals surface area contributed by atoms with Gasteiger partial charge < -0.3 is 4.74 Å². The van der Waals surface area contributed by atoms with E-state index in [2.05, 4.69) is 11.1 Å². The number of carbonyl (C=O) groups excluding carboxylic acids is 1. The monoisotopic (exact) mass is 565 g/mol. The van der Waals surface area contributed by atoms with Gasteiger partial charge in [0.1, 0.15) is 11.1 Å². The number of ketones is 1. The number of nitriles is 1. The Hall–Kier alpha value is -3.89. The summed E-state index contributed by atoms with van der Waals surface area (Å²) in [5, 5.41) is 10.8. The lowest BCUT2D eigenvalue weighted by atomic mass is 9.90. The third kappa shape index (κ3) is 5.68. The fourth-order valence-electron chi connectivity index (χ4n) is 4.74. The topological polar surface area (TPSA) is 75.9 Å². The molecule has 2 aromatic heterocycles. The molecule has 0 spiro atoms. The minimum absolute atomic E-state index is 0.0595. The molecular weight excluding hydrogens is 538 g/mol. The first-order valence-corrected chi connectivity index (χ1v) is 14.1. The van der Waals surface area contributed by atoms with Crippen molar-refractivity contribution in [2.45, 2.75) is 46.3 Å². The number of thiazole rings is 1. The van der Waals surface area contributed by atoms with Gasteiger partial charge >= 0.3 is 0 Å². The lowest BCUT2D eigenvalue weighted by molar-refractivity contribution is -0.138. The number of hydrogen-bond donors (Lipinski definition) is 0. The summed E-state index contributed by atoms with van der Waals surface area (Å²) in [6.45, 7) is 9.44. The Labute approximate surface area is 243 Å². The van der Waals surface area contributed by atoms with Crippen molar-refractivity contribution in [2.75, 3.05) is 0 Å². The van der Waals surface area contributed by atoms with Crippen molar-refractivity contribution in [3.63, 3.8) is 0 Å². The van der Waals surface area contributed by atoms with Gasteiger partial charge in [-0.25, -0.2) is 4.98 Å². The van der Waals surface area contributed by atoms with Crippen LogP contribution in [0.1, 0.15) is 50.5 Å². The Morgan fingerprint density at radius 1 is 1.02 bits per heavy atom. The SMILES string of the molecule is CC(=O)[C@@H](OC(C)(C)C)c1c(C)cc2nc(-c3ccnc(-c4cccc(C#N)c4)c3)sc2c1-c1ccc(Cl)cc1. The fraction of sp³-hybridized carbons (Fsp3) is 0.212. The summed E-state index contributed by atoms with van der Waals surface area (Å²) in [5.74, 6) is -0.0595. The first-order valence-electron chi connectivity index (χ1n) is 12.9. The maximum absolute atomic E-state index is 13.0. The van der Waals surface area contributed by atoms with Gasteiger partial charge in [0.05, 0.1) is 33.1 Å². The van der Waals surface area contributed by atoms with E-state index in [1.165, 1.54) is 0 Å². The van der Waals surface area contributed by atoms with Crippen molar-refractivity contribution < 1.29 is 9.53 Å². The van der Waals surface area contributed by atoms with Gasteiger partial charge in [0, 0.05) is 33.5 Å². The minimum Gasteiger partial charge on any atom is -0.360 e. The number of nitrogens with zero attached hydrogens (tertiary/aromatic N) is 3. The van der Waals surface area contributed by atoms with Gasteiger partial charge in [-0.2, -0.15) is 5.26 Å². The summed E-state index contributed by atoms with van der Waals surface area (Å²) in [7, 11) is 0. The second kappa shape index (κ2) is 10.9. The first kappa shape index (κ1) is 27.7. The predicted molar refractivity (Wildman–Crippen MR) is 162 cm³/mol. The first-order chi connectivity index (χ1) is 19.0. The van der Waals surface area contributed by atoms with E-state index in [9.17, 15) is 10.1 Å². The largest absolute Gasteiger partial charge is 0.360 e. The average Bonchev–Trinajstić information content (AvgIpc) is 3.35. The molecule has 0 N–H and O–H groups in total. The summed E-state index contributed by atoms with van der Waals surface area (Å²) in [4.78, 5) is 22.6. The molecular formula is C33H28ClN3O2S. The normalized spacial score (nSPS) is 12.3. The Kier molecular flexibility index (Phi) is 7.57. The van der Waals surface area contributed by atoms with Crippen LogP contribution >= 0.6 is 22.9 Å². The molecule has 0 fully saturated rings. The molecule has 0 aliphatic carbocycles. The van der Waals surface area contributed by atoms with Crippen molar-refractivity contribution >= 4 is 38.9 Å². The molecule has 0 saturated carbocycles. The van der Waals surface area contributed by atoms with Crippen molar-refractivity contribution in [2.24, 2.45) is 0 Å². The molecule has 3 aromatic carbocycles. The van der Waals surface area contributed by atoms with E-state index >= 15 is 0 Å². The molecule has 5 rings (SSSR count). The predicted octanol–water partition coefficient (Wildman–Crippen LogP) is 8.97. The highest BCUT2D eigenvalue weighted by atomic mass is 35.5. The van der Waals surface area contributed by atoms with Gasteiger partial charge in [0.15, 0.2) is 5.78 Å². The summed E-state index contributed by atoms with van der Waals surface area (Å²) in [6.07, 6.45) is 1.02. The molecule has 0 bridgehead atoms. The quantitative estimate of drug-likeness (QED) is 0.205. The van der Waals surface area contributed by atoms with Crippen LogP contribution < -0.4 is 0 Å². The number of aromatic nitrogens is 2. The van der Waals surface area contributed by atoms with Crippen LogP contribution in [0.25, 0.3) is 43.2 Å². The van der Waals surface area contributed by atoms with E-state index in [-0.39, 0.29) is 5.78 Å². The molecule has 0 radical (unpaired) electrons. The molecule has 0 amide bonds. The summed E-state index contributed by atoms with van der Waals surface area (Å²) in [5.41, 5.74) is 7.09. The molecule has 0 aliphatic heterocycles. The maximum atomic E-state index is 13.0. The molecule has 0 aliphatic rings. The van der Waals surface area contributed by atoms with E-state index < -0.39 is 11.7 Å². The molecule has 0 unspecified atom stereocenters. The number of hydrogen-bond acceptors (Lipinski definition) is 6. The van der Waals surface area contributed by atoms with E-state index in [0.29, 0.717) is 10.6 Å². The molecule has 2 heterocycles. The number of benzene rings is 3. The third-order valence-electron chi connectivity index (χ3n) is 6.46. The second-order valence-corrected chi connectivity index (χ2v) is 12.1. The molecule has 40 heavy (non-hydrogen) atoms. The van der Waals surface area contributed by atoms with Gasteiger partial charge in [-0.3, -0.25) is 9.78 Å². The Morgan fingerprint density at radius 3 is 2.45 bits per heavy atom. The smallest absolute Gasteiger partial charge is 0.163 e. The van der Waals surface area contributed by atoms with Crippen LogP contribution in [0.15, 0.2) is 72.9 Å². The molecule has 200 valence electrons. The summed E-state index contributed by atoms with van der Waals surface area (Å²) in [6, 6.07) is 23.2. The van der Waals surface area contributed by atoms with Gasteiger partial charge in [-0.1, -0.05) is 35.9 Å². The number of aryl methyl sites for hydroxylation is 1. The van der Waals surface area contributed by atoms with Crippen molar-refractivity contribution in [1.82, 2.24) is 9.97 Å². The number of pyridine rings is 1. The zero-order valence-corrected chi connectivity index (χ0v) is 24.5. The number of carbonyl (C=O) groups is 1. The number of halogens is 1. The van der Waals surface area contributed by atoms with E-state index in [4.69, 9.17) is 21.3 Å². The van der Waals surface area contributed by atoms with Crippen LogP contribution in [0.4, 0.5) is 0 Å². The van der Waals surface area contributed by atoms with Gasteiger partial charge in [-0.15, -0.1) is 11.3 Å². The van der Waals surface area contributed by atoms with E-state index in [1.54, 1.807) is 30.5 Å². The summed E-state index contributed by atoms with van der Waals surface area (Å²) >= 11 is 7.81. The maximum Gasteiger partial charge on any atom is 0.163 e. The van der Waals surface area contributed by atoms with Crippen molar-refractivity contribution in [1.29, 1.82) is 5.26 Å². The molecule has 1 atom stereocenters. The lowest BCUT2D eigenvalue weighted by Crippen LogP contribution is -2.27. The van der Waals surface area contributed by atoms with E-state index in [1.807, 2.05) is 88.4 Å². The fourth-order valence-corrected chi connectivity index (χ4v) is 5.99. The number of fused-ring (bicyclic) bond motifs is 1. The van der Waals surface area contributed by atoms with Gasteiger partial charge in [-0.05, 0) is 88.2 Å². The van der Waals surface area contributed by atoms with Crippen LogP contribution in [0.5, 0.6) is 0 Å². The van der Waals surface area contributed by atoms with Crippen molar-refractivity contribution in [3.8, 4) is 39.0 Å². The molecule has 7 heteroatoms. The van der Waals surface area contributed by atoms with Crippen LogP contribution in [0.2, 0.25) is 5.02 Å². The second-order valence-electron chi connectivity index (χ2n) is 10.7. The van der Waals surface area contributed by atoms with Crippen LogP contribution in [0.3, 0.4) is 0 Å². The number of ether oxygens (including phenoxy) is 1. The highest BCUT2D eigenvalue weighted by molar-refractivity contribution is 7.22. The molecule has 0 saturated heterocycles. The average molecular weight is 566 g/mol. The highest BCUT2D eigenvalue weighted by Gasteiger charge is 2.30. The zero-order valence-electron chi connectivity index (χ0n) is 22.9. The standard InChI is InChI=1S/C33H28ClN3O2S/c1-19-15-27-31(29(22-9-11-25(34)12-10-22)28(19)30(20(2)38)39-33(3,4)5)40-32(37-27)24-13-14-36-26(17-24)23-8-6-7-21(16-23)18-35/h6-17,30H,1-5H3/t30-/m1/s1. The van der Waals surface area contributed by atoms with E-state index in [0.717, 1.165) is 54.3 Å². The molecule has 5 nitrogen and oxygen atoms in total. The number of Topliss-reactive ketones (excluding diaryl/α,β-unsaturated/α-hetero) is 1. The third-order valence-corrected chi connectivity index (χ3v) is 7.85. The van der Waals surface area contributed by atoms with Crippen LogP contribution in [-0.4, -0.2) is 21.4 Å². The van der Waals surface area contributed by atoms with Gasteiger partial charge in [0.25, 0.3) is 0 Å². The number of rotatable bonds is 6. The Morgan fingerprint density at radius 2 is 1.77 bits per heavy atom. The molecule has 5 aromatic rings. The minimum atomic E-state index is -0.736. The Balaban J connectivity index is 1.73. The van der Waals surface area contributed by atoms with Crippen LogP contribution in [-0.2, 0) is 9.53 Å². The van der Waals surface area contributed by atoms with Gasteiger partial charge in [0.2, 0.25) is 0 Å². The van der Waals surface area contributed by atoms with Crippen LogP contribution in [0, 0.1) is 18.3 Å². The Bertz CT molecular complexity index is 1780. The lowest BCUT2D eigenvalue weighted by Gasteiger charge is -2.29. The summed E-state index contributed by atoms with van der Waals surface area (Å²) < 4.78 is 7.32. The zero-order chi connectivity index (χ0) is 28.6.